The number of nitrogens with one attached hydrogen (secondary N) is 1. The van der Waals surface area contributed by atoms with Gasteiger partial charge in [0.2, 0.25) is 0 Å². The van der Waals surface area contributed by atoms with E-state index in [0.29, 0.717) is 17.6 Å². The number of hydrogen-bond acceptors (Lipinski definition) is 4. The second-order valence-corrected chi connectivity index (χ2v) is 6.90. The van der Waals surface area contributed by atoms with Crippen molar-refractivity contribution in [2.24, 2.45) is 0 Å². The normalized spacial score (nSPS) is 19.0. The number of thiazole rings is 1. The highest BCUT2D eigenvalue weighted by molar-refractivity contribution is 7.15. The van der Waals surface area contributed by atoms with Crippen molar-refractivity contribution >= 4 is 16.5 Å². The summed E-state index contributed by atoms with van der Waals surface area (Å²) in [4.78, 5) is 7.15. The minimum absolute atomic E-state index is 0.0248. The van der Waals surface area contributed by atoms with Gasteiger partial charge in [0.15, 0.2) is 5.13 Å². The second kappa shape index (κ2) is 5.76. The lowest BCUT2D eigenvalue weighted by atomic mass is 10.2. The average Bonchev–Trinajstić information content (AvgIpc) is 3.29. The molecule has 0 bridgehead atoms. The van der Waals surface area contributed by atoms with Gasteiger partial charge in [0.05, 0.1) is 5.69 Å². The summed E-state index contributed by atoms with van der Waals surface area (Å²) in [5.41, 5.74) is 1.03. The van der Waals surface area contributed by atoms with E-state index in [-0.39, 0.29) is 6.04 Å². The molecule has 1 aromatic rings. The molecule has 1 N–H and O–H groups in total. The molecule has 2 saturated carbocycles. The Kier molecular flexibility index (Phi) is 4.14. The van der Waals surface area contributed by atoms with E-state index < -0.39 is 12.7 Å². The van der Waals surface area contributed by atoms with Crippen LogP contribution in [0.4, 0.5) is 18.3 Å². The Morgan fingerprint density at radius 3 is 2.52 bits per heavy atom. The molecular formula is C14H20F3N3S. The van der Waals surface area contributed by atoms with Crippen LogP contribution >= 0.6 is 11.3 Å². The quantitative estimate of drug-likeness (QED) is 0.831. The number of anilines is 1. The van der Waals surface area contributed by atoms with Gasteiger partial charge < -0.3 is 10.2 Å². The van der Waals surface area contributed by atoms with E-state index in [2.05, 4.69) is 10.3 Å². The maximum atomic E-state index is 12.8. The fourth-order valence-corrected chi connectivity index (χ4v) is 3.63. The molecule has 0 radical (unpaired) electrons. The van der Waals surface area contributed by atoms with E-state index in [1.165, 1.54) is 16.2 Å². The molecule has 3 nitrogen and oxygen atoms in total. The summed E-state index contributed by atoms with van der Waals surface area (Å²) >= 11 is 1.44. The third-order valence-corrected chi connectivity index (χ3v) is 4.91. The molecule has 0 saturated heterocycles. The summed E-state index contributed by atoms with van der Waals surface area (Å²) in [6.07, 6.45) is -0.250. The summed E-state index contributed by atoms with van der Waals surface area (Å²) in [6.45, 7) is 2.71. The lowest BCUT2D eigenvalue weighted by Crippen LogP contribution is -2.35. The lowest BCUT2D eigenvalue weighted by Gasteiger charge is -2.22. The fourth-order valence-electron chi connectivity index (χ4n) is 2.45. The summed E-state index contributed by atoms with van der Waals surface area (Å²) in [5.74, 6) is 0.468. The zero-order valence-electron chi connectivity index (χ0n) is 12.0. The van der Waals surface area contributed by atoms with Gasteiger partial charge in [-0.2, -0.15) is 13.2 Å². The van der Waals surface area contributed by atoms with Crippen LogP contribution in [0.1, 0.15) is 49.1 Å². The Morgan fingerprint density at radius 1 is 1.29 bits per heavy atom. The number of nitrogens with zero attached hydrogens (tertiary/aromatic N) is 2. The van der Waals surface area contributed by atoms with Crippen LogP contribution < -0.4 is 10.2 Å². The SMILES string of the molecule is CCNCc1sc(N(CC(F)(F)F)C2CC2)nc1C1CC1. The molecule has 3 rings (SSSR count). The maximum Gasteiger partial charge on any atom is 0.406 e. The third kappa shape index (κ3) is 3.88. The van der Waals surface area contributed by atoms with Gasteiger partial charge in [-0.1, -0.05) is 6.92 Å². The van der Waals surface area contributed by atoms with Crippen molar-refractivity contribution in [3.8, 4) is 0 Å². The van der Waals surface area contributed by atoms with E-state index in [1.54, 1.807) is 0 Å². The largest absolute Gasteiger partial charge is 0.406 e. The van der Waals surface area contributed by atoms with Crippen LogP contribution in [0, 0.1) is 0 Å². The first-order valence-corrected chi connectivity index (χ1v) is 8.33. The van der Waals surface area contributed by atoms with Gasteiger partial charge in [-0.3, -0.25) is 0 Å². The first-order chi connectivity index (χ1) is 9.98. The molecule has 118 valence electrons. The van der Waals surface area contributed by atoms with Crippen molar-refractivity contribution in [3.05, 3.63) is 10.6 Å². The van der Waals surface area contributed by atoms with Gasteiger partial charge in [0.1, 0.15) is 6.54 Å². The Hall–Kier alpha value is -0.820. The van der Waals surface area contributed by atoms with Gasteiger partial charge >= 0.3 is 6.18 Å². The van der Waals surface area contributed by atoms with E-state index in [9.17, 15) is 13.2 Å². The molecule has 0 spiro atoms. The van der Waals surface area contributed by atoms with Crippen molar-refractivity contribution in [1.29, 1.82) is 0 Å². The van der Waals surface area contributed by atoms with Crippen molar-refractivity contribution in [2.45, 2.75) is 57.3 Å². The number of hydrogen-bond donors (Lipinski definition) is 1. The molecule has 1 heterocycles. The molecule has 0 aliphatic heterocycles. The van der Waals surface area contributed by atoms with Crippen molar-refractivity contribution in [2.75, 3.05) is 18.0 Å². The van der Waals surface area contributed by atoms with Crippen LogP contribution in [0.5, 0.6) is 0 Å². The molecule has 0 amide bonds. The maximum absolute atomic E-state index is 12.8. The van der Waals surface area contributed by atoms with Gasteiger partial charge in [0.25, 0.3) is 0 Å². The van der Waals surface area contributed by atoms with Gasteiger partial charge in [0, 0.05) is 23.4 Å². The van der Waals surface area contributed by atoms with Crippen LogP contribution in [-0.2, 0) is 6.54 Å². The standard InChI is InChI=1S/C14H20F3N3S/c1-2-18-7-11-12(9-3-4-9)19-13(21-11)20(10-5-6-10)8-14(15,16)17/h9-10,18H,2-8H2,1H3. The smallest absolute Gasteiger partial charge is 0.336 e. The van der Waals surface area contributed by atoms with Gasteiger partial charge in [-0.25, -0.2) is 4.98 Å². The predicted molar refractivity (Wildman–Crippen MR) is 77.9 cm³/mol. The first-order valence-electron chi connectivity index (χ1n) is 7.51. The molecule has 0 aromatic carbocycles. The molecule has 2 aliphatic carbocycles. The lowest BCUT2D eigenvalue weighted by molar-refractivity contribution is -0.120. The van der Waals surface area contributed by atoms with Crippen LogP contribution in [0.3, 0.4) is 0 Å². The van der Waals surface area contributed by atoms with Gasteiger partial charge in [-0.05, 0) is 32.2 Å². The Bertz CT molecular complexity index is 492. The third-order valence-electron chi connectivity index (χ3n) is 3.80. The van der Waals surface area contributed by atoms with Crippen LogP contribution in [0.15, 0.2) is 0 Å². The number of rotatable bonds is 7. The Labute approximate surface area is 126 Å². The van der Waals surface area contributed by atoms with E-state index in [4.69, 9.17) is 0 Å². The second-order valence-electron chi connectivity index (χ2n) is 5.83. The zero-order valence-corrected chi connectivity index (χ0v) is 12.9. The topological polar surface area (TPSA) is 28.2 Å². The molecule has 21 heavy (non-hydrogen) atoms. The number of alkyl halides is 3. The number of halogens is 3. The highest BCUT2D eigenvalue weighted by Gasteiger charge is 2.40. The molecule has 0 unspecified atom stereocenters. The molecule has 2 aliphatic rings. The number of aromatic nitrogens is 1. The summed E-state index contributed by atoms with van der Waals surface area (Å²) < 4.78 is 38.3. The molecule has 2 fully saturated rings. The molecule has 1 aromatic heterocycles. The van der Waals surface area contributed by atoms with Crippen molar-refractivity contribution < 1.29 is 13.2 Å². The van der Waals surface area contributed by atoms with Gasteiger partial charge in [-0.15, -0.1) is 11.3 Å². The van der Waals surface area contributed by atoms with Crippen LogP contribution in [0.2, 0.25) is 0 Å². The van der Waals surface area contributed by atoms with E-state index in [1.807, 2.05) is 6.92 Å². The highest BCUT2D eigenvalue weighted by atomic mass is 32.1. The first kappa shape index (κ1) is 15.1. The average molecular weight is 319 g/mol. The van der Waals surface area contributed by atoms with Crippen molar-refractivity contribution in [3.63, 3.8) is 0 Å². The minimum atomic E-state index is -4.17. The van der Waals surface area contributed by atoms with Crippen molar-refractivity contribution in [1.82, 2.24) is 10.3 Å². The Morgan fingerprint density at radius 2 is 2.00 bits per heavy atom. The highest BCUT2D eigenvalue weighted by Crippen LogP contribution is 2.45. The molecule has 0 atom stereocenters. The summed E-state index contributed by atoms with van der Waals surface area (Å²) in [5, 5.41) is 3.82. The van der Waals surface area contributed by atoms with E-state index >= 15 is 0 Å². The monoisotopic (exact) mass is 319 g/mol. The molecule has 7 heteroatoms. The fraction of sp³-hybridized carbons (Fsp3) is 0.786. The Balaban J connectivity index is 1.81. The molecular weight excluding hydrogens is 299 g/mol. The zero-order chi connectivity index (χ0) is 15.0. The predicted octanol–water partition coefficient (Wildman–Crippen LogP) is 3.66. The summed E-state index contributed by atoms with van der Waals surface area (Å²) in [7, 11) is 0. The van der Waals surface area contributed by atoms with E-state index in [0.717, 1.165) is 42.8 Å². The van der Waals surface area contributed by atoms with Crippen LogP contribution in [0.25, 0.3) is 0 Å². The summed E-state index contributed by atoms with van der Waals surface area (Å²) in [6, 6.07) is 0.0248. The minimum Gasteiger partial charge on any atom is -0.336 e. The van der Waals surface area contributed by atoms with Crippen LogP contribution in [-0.4, -0.2) is 30.3 Å².